The first-order valence-corrected chi connectivity index (χ1v) is 8.87. The summed E-state index contributed by atoms with van der Waals surface area (Å²) in [5.74, 6) is -0.361. The molecule has 0 unspecified atom stereocenters. The molecule has 128 valence electrons. The maximum absolute atomic E-state index is 12.7. The summed E-state index contributed by atoms with van der Waals surface area (Å²) in [6, 6.07) is 13.0. The molecule has 1 aliphatic heterocycles. The second-order valence-electron chi connectivity index (χ2n) is 5.69. The quantitative estimate of drug-likeness (QED) is 0.551. The minimum atomic E-state index is -0.847. The molecule has 2 amide bonds. The first-order chi connectivity index (χ1) is 12.1. The van der Waals surface area contributed by atoms with E-state index in [-0.39, 0.29) is 17.5 Å². The van der Waals surface area contributed by atoms with Crippen LogP contribution in [0.25, 0.3) is 0 Å². The zero-order valence-electron chi connectivity index (χ0n) is 13.6. The first kappa shape index (κ1) is 17.4. The highest BCUT2D eigenvalue weighted by Crippen LogP contribution is 2.27. The van der Waals surface area contributed by atoms with Gasteiger partial charge >= 0.3 is 0 Å². The van der Waals surface area contributed by atoms with Gasteiger partial charge in [0, 0.05) is 6.42 Å². The van der Waals surface area contributed by atoms with E-state index < -0.39 is 17.9 Å². The van der Waals surface area contributed by atoms with Gasteiger partial charge in [-0.3, -0.25) is 19.3 Å². The SMILES string of the molecule is COc1ccc(C[C@H](C(=O)CBr)N2C(=O)c3ccccc3C2=O)cc1. The van der Waals surface area contributed by atoms with Crippen molar-refractivity contribution in [3.63, 3.8) is 0 Å². The lowest BCUT2D eigenvalue weighted by atomic mass is 10.0. The average Bonchev–Trinajstić information content (AvgIpc) is 2.91. The average molecular weight is 402 g/mol. The Morgan fingerprint density at radius 1 is 1.04 bits per heavy atom. The summed E-state index contributed by atoms with van der Waals surface area (Å²) in [6.07, 6.45) is 0.264. The minimum Gasteiger partial charge on any atom is -0.497 e. The number of Topliss-reactive ketones (excluding diaryl/α,β-unsaturated/α-hetero) is 1. The fourth-order valence-corrected chi connectivity index (χ4v) is 3.29. The molecule has 1 aliphatic rings. The topological polar surface area (TPSA) is 63.7 Å². The molecule has 1 heterocycles. The molecule has 5 nitrogen and oxygen atoms in total. The molecule has 2 aromatic carbocycles. The van der Waals surface area contributed by atoms with Gasteiger partial charge in [-0.1, -0.05) is 40.2 Å². The van der Waals surface area contributed by atoms with Crippen LogP contribution in [0.1, 0.15) is 26.3 Å². The number of hydrogen-bond acceptors (Lipinski definition) is 4. The van der Waals surface area contributed by atoms with Crippen LogP contribution < -0.4 is 4.74 Å². The fourth-order valence-electron chi connectivity index (χ4n) is 2.91. The standard InChI is InChI=1S/C19H16BrNO4/c1-25-13-8-6-12(7-9-13)10-16(17(22)11-20)21-18(23)14-4-2-3-5-15(14)19(21)24/h2-9,16H,10-11H2,1H3/t16-/m1/s1. The van der Waals surface area contributed by atoms with Gasteiger partial charge in [0.1, 0.15) is 11.8 Å². The highest BCUT2D eigenvalue weighted by molar-refractivity contribution is 9.09. The molecule has 1 atom stereocenters. The number of methoxy groups -OCH3 is 1. The fraction of sp³-hybridized carbons (Fsp3) is 0.211. The Balaban J connectivity index is 1.93. The maximum atomic E-state index is 12.7. The number of carbonyl (C=O) groups is 3. The number of halogens is 1. The van der Waals surface area contributed by atoms with Gasteiger partial charge in [-0.2, -0.15) is 0 Å². The monoisotopic (exact) mass is 401 g/mol. The van der Waals surface area contributed by atoms with Gasteiger partial charge in [-0.25, -0.2) is 0 Å². The maximum Gasteiger partial charge on any atom is 0.262 e. The lowest BCUT2D eigenvalue weighted by Crippen LogP contribution is -2.46. The Hall–Kier alpha value is -2.47. The van der Waals surface area contributed by atoms with E-state index in [1.165, 1.54) is 0 Å². The molecule has 3 rings (SSSR count). The van der Waals surface area contributed by atoms with Crippen molar-refractivity contribution in [3.8, 4) is 5.75 Å². The first-order valence-electron chi connectivity index (χ1n) is 7.75. The third-order valence-corrected chi connectivity index (χ3v) is 4.78. The van der Waals surface area contributed by atoms with Gasteiger partial charge in [0.2, 0.25) is 0 Å². The zero-order valence-corrected chi connectivity index (χ0v) is 15.2. The highest BCUT2D eigenvalue weighted by Gasteiger charge is 2.42. The number of ether oxygens (including phenoxy) is 1. The van der Waals surface area contributed by atoms with Crippen LogP contribution in [-0.2, 0) is 11.2 Å². The van der Waals surface area contributed by atoms with Crippen molar-refractivity contribution in [2.75, 3.05) is 12.4 Å². The van der Waals surface area contributed by atoms with E-state index in [1.54, 1.807) is 43.5 Å². The van der Waals surface area contributed by atoms with E-state index in [0.29, 0.717) is 16.9 Å². The molecule has 0 aromatic heterocycles. The Bertz CT molecular complexity index is 797. The van der Waals surface area contributed by atoms with Crippen molar-refractivity contribution >= 4 is 33.5 Å². The van der Waals surface area contributed by atoms with Crippen molar-refractivity contribution in [3.05, 3.63) is 65.2 Å². The van der Waals surface area contributed by atoms with E-state index in [4.69, 9.17) is 4.74 Å². The predicted molar refractivity (Wildman–Crippen MR) is 96.2 cm³/mol. The van der Waals surface area contributed by atoms with Gasteiger partial charge in [-0.15, -0.1) is 0 Å². The zero-order chi connectivity index (χ0) is 18.0. The molecule has 6 heteroatoms. The number of benzene rings is 2. The summed E-state index contributed by atoms with van der Waals surface area (Å²) in [7, 11) is 1.57. The molecule has 0 saturated heterocycles. The molecular weight excluding hydrogens is 386 g/mol. The third kappa shape index (κ3) is 3.22. The number of fused-ring (bicyclic) bond motifs is 1. The van der Waals surface area contributed by atoms with Crippen LogP contribution in [0.5, 0.6) is 5.75 Å². The van der Waals surface area contributed by atoms with E-state index in [0.717, 1.165) is 10.5 Å². The number of hydrogen-bond donors (Lipinski definition) is 0. The van der Waals surface area contributed by atoms with Crippen molar-refractivity contribution in [1.82, 2.24) is 4.90 Å². The van der Waals surface area contributed by atoms with Crippen LogP contribution in [0.4, 0.5) is 0 Å². The second kappa shape index (κ2) is 7.19. The molecule has 2 aromatic rings. The van der Waals surface area contributed by atoms with E-state index in [9.17, 15) is 14.4 Å². The summed E-state index contributed by atoms with van der Waals surface area (Å²) in [5, 5.41) is 0.0707. The molecule has 25 heavy (non-hydrogen) atoms. The molecule has 0 radical (unpaired) electrons. The third-order valence-electron chi connectivity index (χ3n) is 4.23. The number of nitrogens with zero attached hydrogens (tertiary/aromatic N) is 1. The lowest BCUT2D eigenvalue weighted by Gasteiger charge is -2.24. The van der Waals surface area contributed by atoms with Crippen LogP contribution in [0, 0.1) is 0 Å². The van der Waals surface area contributed by atoms with Crippen LogP contribution in [-0.4, -0.2) is 41.0 Å². The summed E-state index contributed by atoms with van der Waals surface area (Å²) < 4.78 is 5.13. The van der Waals surface area contributed by atoms with Crippen molar-refractivity contribution in [2.45, 2.75) is 12.5 Å². The van der Waals surface area contributed by atoms with E-state index in [1.807, 2.05) is 12.1 Å². The lowest BCUT2D eigenvalue weighted by molar-refractivity contribution is -0.120. The smallest absolute Gasteiger partial charge is 0.262 e. The van der Waals surface area contributed by atoms with Crippen LogP contribution in [0.3, 0.4) is 0 Å². The van der Waals surface area contributed by atoms with Crippen molar-refractivity contribution < 1.29 is 19.1 Å². The Labute approximate surface area is 153 Å². The van der Waals surface area contributed by atoms with Gasteiger partial charge < -0.3 is 4.74 Å². The van der Waals surface area contributed by atoms with Crippen LogP contribution in [0.15, 0.2) is 48.5 Å². The number of carbonyl (C=O) groups excluding carboxylic acids is 3. The molecule has 0 aliphatic carbocycles. The summed E-state index contributed by atoms with van der Waals surface area (Å²) in [5.41, 5.74) is 1.53. The van der Waals surface area contributed by atoms with Gasteiger partial charge in [-0.05, 0) is 29.8 Å². The van der Waals surface area contributed by atoms with E-state index >= 15 is 0 Å². The minimum absolute atomic E-state index is 0.0707. The molecule has 0 N–H and O–H groups in total. The summed E-state index contributed by atoms with van der Waals surface area (Å²) in [4.78, 5) is 38.9. The van der Waals surface area contributed by atoms with Crippen LogP contribution in [0.2, 0.25) is 0 Å². The van der Waals surface area contributed by atoms with E-state index in [2.05, 4.69) is 15.9 Å². The van der Waals surface area contributed by atoms with Gasteiger partial charge in [0.25, 0.3) is 11.8 Å². The van der Waals surface area contributed by atoms with Crippen molar-refractivity contribution in [2.24, 2.45) is 0 Å². The molecule has 0 bridgehead atoms. The number of rotatable bonds is 6. The largest absolute Gasteiger partial charge is 0.497 e. The van der Waals surface area contributed by atoms with Crippen molar-refractivity contribution in [1.29, 1.82) is 0 Å². The van der Waals surface area contributed by atoms with Gasteiger partial charge in [0.15, 0.2) is 5.78 Å². The molecular formula is C19H16BrNO4. The normalized spacial score (nSPS) is 14.4. The Morgan fingerprint density at radius 3 is 2.08 bits per heavy atom. The highest BCUT2D eigenvalue weighted by atomic mass is 79.9. The molecule has 0 spiro atoms. The number of alkyl halides is 1. The van der Waals surface area contributed by atoms with Crippen LogP contribution >= 0.6 is 15.9 Å². The summed E-state index contributed by atoms with van der Waals surface area (Å²) >= 11 is 3.15. The summed E-state index contributed by atoms with van der Waals surface area (Å²) in [6.45, 7) is 0. The number of imide groups is 1. The second-order valence-corrected chi connectivity index (χ2v) is 6.25. The van der Waals surface area contributed by atoms with Gasteiger partial charge in [0.05, 0.1) is 23.6 Å². The molecule has 0 fully saturated rings. The predicted octanol–water partition coefficient (Wildman–Crippen LogP) is 2.87. The molecule has 0 saturated carbocycles. The Kier molecular flexibility index (Phi) is 4.99. The number of amides is 2. The Morgan fingerprint density at radius 2 is 1.60 bits per heavy atom. The number of ketones is 1.